The number of fused-ring (bicyclic) bond motifs is 3. The van der Waals surface area contributed by atoms with Crippen LogP contribution in [0.4, 0.5) is 0 Å². The Bertz CT molecular complexity index is 1020. The molecule has 1 aliphatic heterocycles. The highest BCUT2D eigenvalue weighted by atomic mass is 16.5. The van der Waals surface area contributed by atoms with Crippen LogP contribution < -0.4 is 4.74 Å². The lowest BCUT2D eigenvalue weighted by molar-refractivity contribution is -0.147. The number of benzene rings is 2. The number of furan rings is 1. The van der Waals surface area contributed by atoms with E-state index in [0.29, 0.717) is 30.9 Å². The van der Waals surface area contributed by atoms with Gasteiger partial charge in [0.1, 0.15) is 12.1 Å². The molecule has 0 bridgehead atoms. The number of likely N-dealkylation sites (tertiary alicyclic amines) is 1. The smallest absolute Gasteiger partial charge is 0.325 e. The maximum Gasteiger partial charge on any atom is 0.325 e. The van der Waals surface area contributed by atoms with Gasteiger partial charge in [-0.2, -0.15) is 0 Å². The van der Waals surface area contributed by atoms with E-state index in [1.54, 1.807) is 18.9 Å². The molecule has 1 fully saturated rings. The van der Waals surface area contributed by atoms with E-state index in [0.717, 1.165) is 21.9 Å². The van der Waals surface area contributed by atoms with Gasteiger partial charge in [-0.25, -0.2) is 0 Å². The first-order chi connectivity index (χ1) is 13.1. The summed E-state index contributed by atoms with van der Waals surface area (Å²) in [6.07, 6.45) is 0.361. The van der Waals surface area contributed by atoms with E-state index in [1.165, 1.54) is 0 Å². The molecular formula is C21H21NO5. The van der Waals surface area contributed by atoms with Crippen LogP contribution in [0.2, 0.25) is 0 Å². The van der Waals surface area contributed by atoms with Crippen molar-refractivity contribution in [3.63, 3.8) is 0 Å². The first-order valence-electron chi connectivity index (χ1n) is 9.04. The predicted molar refractivity (Wildman–Crippen MR) is 101 cm³/mol. The number of hydrogen-bond donors (Lipinski definition) is 0. The fraction of sp³-hybridized carbons (Fsp3) is 0.333. The third kappa shape index (κ3) is 3.01. The van der Waals surface area contributed by atoms with Crippen molar-refractivity contribution >= 4 is 33.8 Å². The Morgan fingerprint density at radius 1 is 1.26 bits per heavy atom. The highest BCUT2D eigenvalue weighted by Crippen LogP contribution is 2.41. The molecule has 4 rings (SSSR count). The second-order valence-corrected chi connectivity index (χ2v) is 6.64. The average molecular weight is 367 g/mol. The van der Waals surface area contributed by atoms with Gasteiger partial charge < -0.3 is 18.8 Å². The van der Waals surface area contributed by atoms with Crippen LogP contribution in [0.5, 0.6) is 5.75 Å². The zero-order valence-electron chi connectivity index (χ0n) is 15.4. The molecule has 1 aromatic heterocycles. The monoisotopic (exact) mass is 367 g/mol. The number of para-hydroxylation sites is 1. The largest absolute Gasteiger partial charge is 0.493 e. The summed E-state index contributed by atoms with van der Waals surface area (Å²) in [6, 6.07) is 11.7. The van der Waals surface area contributed by atoms with Crippen molar-refractivity contribution in [3.8, 4) is 5.75 Å². The summed E-state index contributed by atoms with van der Waals surface area (Å²) in [5.74, 6) is 0.240. The first kappa shape index (κ1) is 17.4. The van der Waals surface area contributed by atoms with E-state index in [-0.39, 0.29) is 24.3 Å². The van der Waals surface area contributed by atoms with Crippen LogP contribution in [-0.2, 0) is 14.3 Å². The molecule has 2 aromatic carbocycles. The summed E-state index contributed by atoms with van der Waals surface area (Å²) in [5, 5.41) is 1.97. The van der Waals surface area contributed by atoms with E-state index in [4.69, 9.17) is 13.9 Å². The molecular weight excluding hydrogens is 346 g/mol. The summed E-state index contributed by atoms with van der Waals surface area (Å²) in [6.45, 7) is 2.54. The van der Waals surface area contributed by atoms with Crippen LogP contribution in [0.3, 0.4) is 0 Å². The molecule has 1 saturated heterocycles. The molecule has 140 valence electrons. The van der Waals surface area contributed by atoms with Crippen molar-refractivity contribution in [2.24, 2.45) is 0 Å². The maximum absolute atomic E-state index is 12.4. The van der Waals surface area contributed by atoms with Crippen molar-refractivity contribution < 1.29 is 23.5 Å². The van der Waals surface area contributed by atoms with Gasteiger partial charge in [0.15, 0.2) is 11.3 Å². The van der Waals surface area contributed by atoms with Crippen molar-refractivity contribution in [1.29, 1.82) is 0 Å². The van der Waals surface area contributed by atoms with Crippen LogP contribution in [-0.4, -0.2) is 43.6 Å². The minimum absolute atomic E-state index is 0.00535. The lowest BCUT2D eigenvalue weighted by Crippen LogP contribution is -2.32. The van der Waals surface area contributed by atoms with Gasteiger partial charge in [0.05, 0.1) is 13.7 Å². The zero-order chi connectivity index (χ0) is 19.0. The third-order valence-corrected chi connectivity index (χ3v) is 5.02. The fourth-order valence-electron chi connectivity index (χ4n) is 3.83. The Kier molecular flexibility index (Phi) is 4.48. The van der Waals surface area contributed by atoms with Crippen LogP contribution in [0, 0.1) is 0 Å². The number of carbonyl (C=O) groups is 2. The highest BCUT2D eigenvalue weighted by molar-refractivity contribution is 6.09. The molecule has 0 aliphatic carbocycles. The zero-order valence-corrected chi connectivity index (χ0v) is 15.4. The van der Waals surface area contributed by atoms with Crippen molar-refractivity contribution in [1.82, 2.24) is 4.90 Å². The topological polar surface area (TPSA) is 69.0 Å². The lowest BCUT2D eigenvalue weighted by atomic mass is 9.93. The molecule has 0 spiro atoms. The molecule has 0 radical (unpaired) electrons. The molecule has 27 heavy (non-hydrogen) atoms. The van der Waals surface area contributed by atoms with Crippen molar-refractivity contribution in [2.75, 3.05) is 26.8 Å². The van der Waals surface area contributed by atoms with Gasteiger partial charge in [0.2, 0.25) is 5.91 Å². The van der Waals surface area contributed by atoms with Gasteiger partial charge in [-0.15, -0.1) is 0 Å². The Morgan fingerprint density at radius 3 is 2.85 bits per heavy atom. The molecule has 3 aromatic rings. The molecule has 6 nitrogen and oxygen atoms in total. The van der Waals surface area contributed by atoms with Gasteiger partial charge in [-0.1, -0.05) is 24.3 Å². The molecule has 1 unspecified atom stereocenters. The fourth-order valence-corrected chi connectivity index (χ4v) is 3.83. The van der Waals surface area contributed by atoms with Crippen molar-refractivity contribution in [3.05, 3.63) is 42.0 Å². The van der Waals surface area contributed by atoms with Crippen LogP contribution in [0.25, 0.3) is 21.9 Å². The van der Waals surface area contributed by atoms with Crippen LogP contribution in [0.15, 0.2) is 40.8 Å². The van der Waals surface area contributed by atoms with E-state index < -0.39 is 0 Å². The van der Waals surface area contributed by atoms with Gasteiger partial charge in [0.25, 0.3) is 0 Å². The summed E-state index contributed by atoms with van der Waals surface area (Å²) in [7, 11) is 1.61. The number of esters is 1. The summed E-state index contributed by atoms with van der Waals surface area (Å²) in [5.41, 5.74) is 2.51. The average Bonchev–Trinajstić information content (AvgIpc) is 3.22. The summed E-state index contributed by atoms with van der Waals surface area (Å²) in [4.78, 5) is 25.8. The minimum atomic E-state index is -0.375. The molecule has 1 amide bonds. The molecule has 6 heteroatoms. The molecule has 1 aliphatic rings. The third-order valence-electron chi connectivity index (χ3n) is 5.02. The Morgan fingerprint density at radius 2 is 2.07 bits per heavy atom. The second kappa shape index (κ2) is 6.95. The van der Waals surface area contributed by atoms with E-state index in [9.17, 15) is 9.59 Å². The van der Waals surface area contributed by atoms with Gasteiger partial charge in [-0.05, 0) is 24.6 Å². The van der Waals surface area contributed by atoms with Crippen molar-refractivity contribution in [2.45, 2.75) is 19.3 Å². The molecule has 0 N–H and O–H groups in total. The quantitative estimate of drug-likeness (QED) is 0.646. The molecule has 0 saturated carbocycles. The minimum Gasteiger partial charge on any atom is -0.493 e. The Labute approximate surface area is 156 Å². The van der Waals surface area contributed by atoms with E-state index in [1.807, 2.05) is 36.4 Å². The number of carbonyl (C=O) groups excluding carboxylic acids is 2. The number of amides is 1. The maximum atomic E-state index is 12.4. The summed E-state index contributed by atoms with van der Waals surface area (Å²) < 4.78 is 16.5. The van der Waals surface area contributed by atoms with Crippen LogP contribution >= 0.6 is 0 Å². The van der Waals surface area contributed by atoms with Gasteiger partial charge in [-0.3, -0.25) is 9.59 Å². The van der Waals surface area contributed by atoms with E-state index in [2.05, 4.69) is 0 Å². The van der Waals surface area contributed by atoms with Crippen LogP contribution in [0.1, 0.15) is 24.8 Å². The normalized spacial score (nSPS) is 17.0. The lowest BCUT2D eigenvalue weighted by Gasteiger charge is -2.16. The molecule has 1 atom stereocenters. The number of hydrogen-bond acceptors (Lipinski definition) is 5. The Hall–Kier alpha value is -3.02. The number of methoxy groups -OCH3 is 1. The second-order valence-electron chi connectivity index (χ2n) is 6.64. The molecule has 2 heterocycles. The number of nitrogens with zero attached hydrogens (tertiary/aromatic N) is 1. The highest BCUT2D eigenvalue weighted by Gasteiger charge is 2.34. The number of ether oxygens (including phenoxy) is 2. The van der Waals surface area contributed by atoms with E-state index >= 15 is 0 Å². The van der Waals surface area contributed by atoms with Gasteiger partial charge in [0, 0.05) is 29.7 Å². The standard InChI is InChI=1S/C21H21NO5/c1-3-26-19(24)12-22-11-13(10-18(22)23)14-8-9-17(25-2)21-20(14)15-6-4-5-7-16(15)27-21/h4-9,13H,3,10-12H2,1-2H3. The predicted octanol–water partition coefficient (Wildman–Crippen LogP) is 3.47. The SMILES string of the molecule is CCOC(=O)CN1CC(c2ccc(OC)c3oc4ccccc4c23)CC1=O. The first-order valence-corrected chi connectivity index (χ1v) is 9.04. The van der Waals surface area contributed by atoms with Gasteiger partial charge >= 0.3 is 5.97 Å². The summed E-state index contributed by atoms with van der Waals surface area (Å²) >= 11 is 0. The Balaban J connectivity index is 1.74. The number of rotatable bonds is 5.